The van der Waals surface area contributed by atoms with Crippen LogP contribution in [0.5, 0.6) is 0 Å². The Kier molecular flexibility index (Phi) is 2.68. The molecule has 1 aromatic carbocycles. The van der Waals surface area contributed by atoms with Crippen LogP contribution in [0.3, 0.4) is 0 Å². The molecule has 0 spiro atoms. The summed E-state index contributed by atoms with van der Waals surface area (Å²) < 4.78 is 12.7. The van der Waals surface area contributed by atoms with Gasteiger partial charge in [0.25, 0.3) is 0 Å². The molecular formula is C9H10ClNOSe. The predicted molar refractivity (Wildman–Crippen MR) is 55.4 cm³/mol. The number of nitrogens with zero attached hydrogens (tertiary/aromatic N) is 1. The summed E-state index contributed by atoms with van der Waals surface area (Å²) in [6.07, 6.45) is 0. The van der Waals surface area contributed by atoms with Gasteiger partial charge in [0.2, 0.25) is 0 Å². The molecule has 1 unspecified atom stereocenters. The van der Waals surface area contributed by atoms with Gasteiger partial charge in [-0.25, -0.2) is 0 Å². The van der Waals surface area contributed by atoms with Crippen molar-refractivity contribution in [2.75, 3.05) is 22.8 Å². The normalized spacial score (nSPS) is 20.4. The monoisotopic (exact) mass is 263 g/mol. The Labute approximate surface area is 86.6 Å². The molecule has 4 heteroatoms. The Bertz CT molecular complexity index is 342. The van der Waals surface area contributed by atoms with E-state index in [1.54, 1.807) is 0 Å². The van der Waals surface area contributed by atoms with Gasteiger partial charge in [-0.3, -0.25) is 0 Å². The van der Waals surface area contributed by atoms with Gasteiger partial charge in [0.15, 0.2) is 0 Å². The average molecular weight is 263 g/mol. The number of hydrogen-bond donors (Lipinski definition) is 0. The van der Waals surface area contributed by atoms with Crippen molar-refractivity contribution in [3.8, 4) is 0 Å². The van der Waals surface area contributed by atoms with Crippen LogP contribution < -0.4 is 9.36 Å². The molecule has 1 atom stereocenters. The van der Waals surface area contributed by atoms with Crippen LogP contribution >= 0.6 is 11.6 Å². The first-order valence-corrected chi connectivity index (χ1v) is 7.41. The van der Waals surface area contributed by atoms with Crippen molar-refractivity contribution in [3.63, 3.8) is 0 Å². The van der Waals surface area contributed by atoms with Gasteiger partial charge in [0, 0.05) is 0 Å². The number of anilines is 1. The molecule has 0 saturated heterocycles. The van der Waals surface area contributed by atoms with Gasteiger partial charge in [0.1, 0.15) is 0 Å². The van der Waals surface area contributed by atoms with Crippen molar-refractivity contribution >= 4 is 35.6 Å². The summed E-state index contributed by atoms with van der Waals surface area (Å²) in [5, 5.41) is 0. The SMILES string of the molecule is O=[Se]1CN(CCCl)c2ccccc21. The Morgan fingerprint density at radius 3 is 3.00 bits per heavy atom. The first kappa shape index (κ1) is 9.19. The van der Waals surface area contributed by atoms with Crippen molar-refractivity contribution < 1.29 is 3.83 Å². The summed E-state index contributed by atoms with van der Waals surface area (Å²) in [5.74, 6) is 0.590. The van der Waals surface area contributed by atoms with Crippen LogP contribution in [0.15, 0.2) is 24.3 Å². The van der Waals surface area contributed by atoms with Crippen LogP contribution in [-0.4, -0.2) is 31.7 Å². The van der Waals surface area contributed by atoms with E-state index in [1.807, 2.05) is 24.3 Å². The number of halogens is 1. The van der Waals surface area contributed by atoms with Crippen molar-refractivity contribution in [3.05, 3.63) is 24.3 Å². The minimum absolute atomic E-state index is 0.590. The fourth-order valence-electron chi connectivity index (χ4n) is 1.48. The number of para-hydroxylation sites is 1. The Hall–Kier alpha value is -0.371. The Morgan fingerprint density at radius 2 is 2.23 bits per heavy atom. The second kappa shape index (κ2) is 3.79. The number of fused-ring (bicyclic) bond motifs is 1. The molecule has 1 heterocycles. The molecule has 0 amide bonds. The second-order valence-electron chi connectivity index (χ2n) is 2.89. The van der Waals surface area contributed by atoms with E-state index >= 15 is 0 Å². The molecule has 2 rings (SSSR count). The molecule has 0 bridgehead atoms. The second-order valence-corrected chi connectivity index (χ2v) is 6.19. The summed E-state index contributed by atoms with van der Waals surface area (Å²) in [4.78, 5) is 2.11. The van der Waals surface area contributed by atoms with E-state index in [2.05, 4.69) is 4.90 Å². The van der Waals surface area contributed by atoms with Crippen molar-refractivity contribution in [2.45, 2.75) is 0 Å². The third kappa shape index (κ3) is 1.64. The molecule has 0 radical (unpaired) electrons. The van der Waals surface area contributed by atoms with Crippen molar-refractivity contribution in [1.82, 2.24) is 0 Å². The van der Waals surface area contributed by atoms with Gasteiger partial charge < -0.3 is 0 Å². The molecule has 1 aromatic rings. The molecule has 0 saturated carbocycles. The molecular weight excluding hydrogens is 253 g/mol. The van der Waals surface area contributed by atoms with Gasteiger partial charge in [-0.2, -0.15) is 0 Å². The summed E-state index contributed by atoms with van der Waals surface area (Å²) >= 11 is 3.88. The third-order valence-corrected chi connectivity index (χ3v) is 5.15. The number of rotatable bonds is 2. The number of benzene rings is 1. The van der Waals surface area contributed by atoms with Gasteiger partial charge in [-0.05, 0) is 0 Å². The van der Waals surface area contributed by atoms with Crippen LogP contribution in [0.1, 0.15) is 0 Å². The zero-order chi connectivity index (χ0) is 9.26. The summed E-state index contributed by atoms with van der Waals surface area (Å²) in [6, 6.07) is 7.90. The van der Waals surface area contributed by atoms with E-state index in [0.717, 1.165) is 16.7 Å². The molecule has 1 aliphatic heterocycles. The van der Waals surface area contributed by atoms with E-state index in [0.29, 0.717) is 11.3 Å². The fraction of sp³-hybridized carbons (Fsp3) is 0.333. The molecule has 70 valence electrons. The number of alkyl halides is 1. The predicted octanol–water partition coefficient (Wildman–Crippen LogP) is 0.914. The van der Waals surface area contributed by atoms with Crippen LogP contribution in [0.4, 0.5) is 5.69 Å². The molecule has 0 N–H and O–H groups in total. The molecule has 0 fully saturated rings. The Morgan fingerprint density at radius 1 is 1.46 bits per heavy atom. The van der Waals surface area contributed by atoms with Crippen LogP contribution in [0.25, 0.3) is 0 Å². The fourth-order valence-corrected chi connectivity index (χ4v) is 4.52. The summed E-state index contributed by atoms with van der Waals surface area (Å²) in [6.45, 7) is 0.792. The standard InChI is InChI=1S/C9H10ClNOSe/c10-5-6-11-7-13(12)9-4-2-1-3-8(9)11/h1-4H,5-7H2. The molecule has 13 heavy (non-hydrogen) atoms. The van der Waals surface area contributed by atoms with E-state index in [1.165, 1.54) is 0 Å². The first-order chi connectivity index (χ1) is 6.33. The topological polar surface area (TPSA) is 20.3 Å². The van der Waals surface area contributed by atoms with Gasteiger partial charge in [0.05, 0.1) is 0 Å². The van der Waals surface area contributed by atoms with Gasteiger partial charge in [-0.1, -0.05) is 0 Å². The van der Waals surface area contributed by atoms with Crippen molar-refractivity contribution in [2.24, 2.45) is 0 Å². The zero-order valence-corrected chi connectivity index (χ0v) is 9.54. The van der Waals surface area contributed by atoms with E-state index in [-0.39, 0.29) is 0 Å². The molecule has 2 nitrogen and oxygen atoms in total. The van der Waals surface area contributed by atoms with E-state index in [4.69, 9.17) is 11.6 Å². The first-order valence-electron chi connectivity index (χ1n) is 4.11. The average Bonchev–Trinajstić information content (AvgIpc) is 2.46. The van der Waals surface area contributed by atoms with E-state index in [9.17, 15) is 3.83 Å². The maximum atomic E-state index is 11.7. The van der Waals surface area contributed by atoms with Crippen LogP contribution in [0.2, 0.25) is 0 Å². The molecule has 0 aliphatic carbocycles. The van der Waals surface area contributed by atoms with Crippen molar-refractivity contribution in [1.29, 1.82) is 0 Å². The van der Waals surface area contributed by atoms with Gasteiger partial charge in [-0.15, -0.1) is 0 Å². The molecule has 1 aliphatic rings. The quantitative estimate of drug-likeness (QED) is 0.583. The maximum absolute atomic E-state index is 11.7. The summed E-state index contributed by atoms with van der Waals surface area (Å²) in [5.41, 5.74) is 1.80. The minimum atomic E-state index is -1.79. The summed E-state index contributed by atoms with van der Waals surface area (Å²) in [7, 11) is 0. The van der Waals surface area contributed by atoms with Crippen LogP contribution in [-0.2, 0) is 3.83 Å². The van der Waals surface area contributed by atoms with Gasteiger partial charge >= 0.3 is 86.5 Å². The molecule has 0 aromatic heterocycles. The third-order valence-electron chi connectivity index (χ3n) is 2.08. The van der Waals surface area contributed by atoms with E-state index < -0.39 is 13.8 Å². The van der Waals surface area contributed by atoms with Crippen LogP contribution in [0, 0.1) is 0 Å². The zero-order valence-electron chi connectivity index (χ0n) is 7.07. The Balaban J connectivity index is 2.36. The number of hydrogen-bond acceptors (Lipinski definition) is 2.